The van der Waals surface area contributed by atoms with Crippen molar-refractivity contribution in [1.29, 1.82) is 0 Å². The van der Waals surface area contributed by atoms with E-state index >= 15 is 0 Å². The van der Waals surface area contributed by atoms with Crippen LogP contribution in [0.25, 0.3) is 5.52 Å². The Morgan fingerprint density at radius 3 is 2.89 bits per heavy atom. The molecule has 0 saturated carbocycles. The van der Waals surface area contributed by atoms with Crippen molar-refractivity contribution < 1.29 is 4.79 Å². The molecule has 0 aliphatic heterocycles. The van der Waals surface area contributed by atoms with Crippen molar-refractivity contribution in [2.75, 3.05) is 11.1 Å². The van der Waals surface area contributed by atoms with E-state index in [1.807, 2.05) is 47.0 Å². The zero-order chi connectivity index (χ0) is 18.6. The molecule has 0 aromatic carbocycles. The van der Waals surface area contributed by atoms with Gasteiger partial charge in [0.05, 0.1) is 24.3 Å². The molecule has 27 heavy (non-hydrogen) atoms. The summed E-state index contributed by atoms with van der Waals surface area (Å²) in [5.74, 6) is 0.413. The molecule has 0 bridgehead atoms. The van der Waals surface area contributed by atoms with Crippen LogP contribution in [-0.2, 0) is 13.0 Å². The van der Waals surface area contributed by atoms with Crippen LogP contribution < -0.4 is 11.1 Å². The first-order valence-corrected chi connectivity index (χ1v) is 8.53. The van der Waals surface area contributed by atoms with Crippen LogP contribution in [0.1, 0.15) is 21.7 Å². The van der Waals surface area contributed by atoms with Crippen molar-refractivity contribution >= 4 is 22.8 Å². The Hall–Kier alpha value is -3.74. The molecule has 0 aliphatic carbocycles. The second kappa shape index (κ2) is 7.25. The largest absolute Gasteiger partial charge is 0.382 e. The number of carbonyl (C=O) groups excluding carboxylic acids is 1. The highest BCUT2D eigenvalue weighted by Crippen LogP contribution is 2.15. The highest BCUT2D eigenvalue weighted by Gasteiger charge is 2.10. The lowest BCUT2D eigenvalue weighted by Gasteiger charge is -2.09. The quantitative estimate of drug-likeness (QED) is 0.514. The Kier molecular flexibility index (Phi) is 4.49. The molecular weight excluding hydrogens is 340 g/mol. The molecule has 7 heteroatoms. The summed E-state index contributed by atoms with van der Waals surface area (Å²) in [5.41, 5.74) is 9.70. The number of fused-ring (bicyclic) bond motifs is 1. The number of nitrogens with one attached hydrogen (secondary N) is 1. The zero-order valence-corrected chi connectivity index (χ0v) is 14.5. The number of aromatic nitrogens is 4. The smallest absolute Gasteiger partial charge is 0.185 e. The standard InChI is InChI=1S/C20H18N6O/c21-20-17(4-1-6-23-20)24-12-15-9-14(5-7-22-15)10-19(27)18-11-16-3-2-8-26(16)13-25-18/h1-9,11,13,24H,10,12H2,(H2,21,23). The highest BCUT2D eigenvalue weighted by molar-refractivity contribution is 5.96. The van der Waals surface area contributed by atoms with Gasteiger partial charge in [0.1, 0.15) is 11.5 Å². The number of nitrogens with zero attached hydrogens (tertiary/aromatic N) is 4. The average Bonchev–Trinajstić information content (AvgIpc) is 3.15. The van der Waals surface area contributed by atoms with Crippen LogP contribution in [0.4, 0.5) is 11.5 Å². The van der Waals surface area contributed by atoms with Crippen LogP contribution in [-0.4, -0.2) is 25.1 Å². The monoisotopic (exact) mass is 358 g/mol. The van der Waals surface area contributed by atoms with Gasteiger partial charge < -0.3 is 15.5 Å². The fraction of sp³-hybridized carbons (Fsp3) is 0.100. The van der Waals surface area contributed by atoms with E-state index in [0.717, 1.165) is 22.5 Å². The Bertz CT molecular complexity index is 1100. The number of carbonyl (C=O) groups is 1. The van der Waals surface area contributed by atoms with Crippen LogP contribution >= 0.6 is 0 Å². The van der Waals surface area contributed by atoms with E-state index in [2.05, 4.69) is 20.3 Å². The molecule has 0 spiro atoms. The number of rotatable bonds is 6. The number of nitrogens with two attached hydrogens (primary N) is 1. The normalized spacial score (nSPS) is 10.8. The Morgan fingerprint density at radius 1 is 1.07 bits per heavy atom. The molecule has 0 atom stereocenters. The van der Waals surface area contributed by atoms with Gasteiger partial charge in [0.2, 0.25) is 0 Å². The van der Waals surface area contributed by atoms with Gasteiger partial charge in [0.15, 0.2) is 5.78 Å². The molecule has 0 fully saturated rings. The predicted octanol–water partition coefficient (Wildman–Crippen LogP) is 2.74. The van der Waals surface area contributed by atoms with Gasteiger partial charge in [-0.2, -0.15) is 0 Å². The van der Waals surface area contributed by atoms with Crippen molar-refractivity contribution in [3.63, 3.8) is 0 Å². The summed E-state index contributed by atoms with van der Waals surface area (Å²) in [4.78, 5) is 25.2. The molecule has 0 unspecified atom stereocenters. The molecular formula is C20H18N6O. The maximum Gasteiger partial charge on any atom is 0.185 e. The second-order valence-corrected chi connectivity index (χ2v) is 6.16. The zero-order valence-electron chi connectivity index (χ0n) is 14.5. The van der Waals surface area contributed by atoms with Gasteiger partial charge in [0.25, 0.3) is 0 Å². The summed E-state index contributed by atoms with van der Waals surface area (Å²) in [6.07, 6.45) is 7.17. The Balaban J connectivity index is 1.45. The highest BCUT2D eigenvalue weighted by atomic mass is 16.1. The average molecular weight is 358 g/mol. The molecule has 4 aromatic rings. The summed E-state index contributed by atoms with van der Waals surface area (Å²) in [7, 11) is 0. The summed E-state index contributed by atoms with van der Waals surface area (Å²) in [5, 5.41) is 3.21. The fourth-order valence-electron chi connectivity index (χ4n) is 2.85. The van der Waals surface area contributed by atoms with Gasteiger partial charge in [-0.3, -0.25) is 9.78 Å². The number of nitrogen functional groups attached to an aromatic ring is 1. The first-order chi connectivity index (χ1) is 13.2. The molecule has 0 amide bonds. The van der Waals surface area contributed by atoms with Crippen molar-refractivity contribution in [2.45, 2.75) is 13.0 Å². The number of hydrogen-bond donors (Lipinski definition) is 2. The van der Waals surface area contributed by atoms with Gasteiger partial charge in [-0.25, -0.2) is 9.97 Å². The topological polar surface area (TPSA) is 98.2 Å². The molecule has 0 saturated heterocycles. The van der Waals surface area contributed by atoms with Crippen LogP contribution in [0.15, 0.2) is 67.4 Å². The first-order valence-electron chi connectivity index (χ1n) is 8.53. The second-order valence-electron chi connectivity index (χ2n) is 6.16. The van der Waals surface area contributed by atoms with Crippen LogP contribution in [0.2, 0.25) is 0 Å². The van der Waals surface area contributed by atoms with E-state index < -0.39 is 0 Å². The minimum absolute atomic E-state index is 0.0275. The van der Waals surface area contributed by atoms with E-state index in [-0.39, 0.29) is 12.2 Å². The number of pyridine rings is 2. The van der Waals surface area contributed by atoms with Crippen LogP contribution in [0.3, 0.4) is 0 Å². The molecule has 0 radical (unpaired) electrons. The minimum Gasteiger partial charge on any atom is -0.382 e. The SMILES string of the molecule is Nc1ncccc1NCc1cc(CC(=O)c2cc3cccn3cn2)ccn1. The van der Waals surface area contributed by atoms with Crippen molar-refractivity contribution in [1.82, 2.24) is 19.4 Å². The predicted molar refractivity (Wildman–Crippen MR) is 103 cm³/mol. The molecule has 0 aliphatic rings. The molecule has 134 valence electrons. The van der Waals surface area contributed by atoms with E-state index in [0.29, 0.717) is 18.1 Å². The summed E-state index contributed by atoms with van der Waals surface area (Å²) >= 11 is 0. The molecule has 4 aromatic heterocycles. The van der Waals surface area contributed by atoms with E-state index in [1.54, 1.807) is 24.8 Å². The Morgan fingerprint density at radius 2 is 2.00 bits per heavy atom. The number of ketones is 1. The summed E-state index contributed by atoms with van der Waals surface area (Å²) in [6.45, 7) is 0.492. The van der Waals surface area contributed by atoms with Gasteiger partial charge in [-0.15, -0.1) is 0 Å². The lowest BCUT2D eigenvalue weighted by Crippen LogP contribution is -2.09. The van der Waals surface area contributed by atoms with Gasteiger partial charge >= 0.3 is 0 Å². The lowest BCUT2D eigenvalue weighted by atomic mass is 10.1. The lowest BCUT2D eigenvalue weighted by molar-refractivity contribution is 0.0988. The molecule has 4 rings (SSSR count). The number of Topliss-reactive ketones (excluding diaryl/α,β-unsaturated/α-hetero) is 1. The third-order valence-corrected chi connectivity index (χ3v) is 4.25. The van der Waals surface area contributed by atoms with E-state index in [9.17, 15) is 4.79 Å². The number of anilines is 2. The maximum atomic E-state index is 12.6. The summed E-state index contributed by atoms with van der Waals surface area (Å²) < 4.78 is 1.87. The third-order valence-electron chi connectivity index (χ3n) is 4.25. The first kappa shape index (κ1) is 16.7. The van der Waals surface area contributed by atoms with Gasteiger partial charge in [0, 0.05) is 30.5 Å². The molecule has 7 nitrogen and oxygen atoms in total. The Labute approximate surface area is 155 Å². The van der Waals surface area contributed by atoms with Crippen molar-refractivity contribution in [2.24, 2.45) is 0 Å². The molecule has 4 heterocycles. The van der Waals surface area contributed by atoms with Crippen molar-refractivity contribution in [3.8, 4) is 0 Å². The number of hydrogen-bond acceptors (Lipinski definition) is 6. The molecule has 3 N–H and O–H groups in total. The van der Waals surface area contributed by atoms with Gasteiger partial charge in [-0.1, -0.05) is 0 Å². The maximum absolute atomic E-state index is 12.6. The van der Waals surface area contributed by atoms with E-state index in [1.165, 1.54) is 0 Å². The summed E-state index contributed by atoms with van der Waals surface area (Å²) in [6, 6.07) is 13.1. The fourth-order valence-corrected chi connectivity index (χ4v) is 2.85. The third kappa shape index (κ3) is 3.77. The van der Waals surface area contributed by atoms with Crippen molar-refractivity contribution in [3.05, 3.63) is 84.3 Å². The van der Waals surface area contributed by atoms with Gasteiger partial charge in [-0.05, 0) is 48.0 Å². The van der Waals surface area contributed by atoms with E-state index in [4.69, 9.17) is 5.73 Å². The van der Waals surface area contributed by atoms with Crippen LogP contribution in [0, 0.1) is 0 Å². The minimum atomic E-state index is -0.0275. The van der Waals surface area contributed by atoms with Crippen LogP contribution in [0.5, 0.6) is 0 Å².